The highest BCUT2D eigenvalue weighted by Crippen LogP contribution is 2.32. The second kappa shape index (κ2) is 8.93. The van der Waals surface area contributed by atoms with Crippen molar-refractivity contribution in [3.63, 3.8) is 0 Å². The maximum atomic E-state index is 4.19. The zero-order valence-electron chi connectivity index (χ0n) is 16.5. The number of allylic oxidation sites excluding steroid dienone is 1. The van der Waals surface area contributed by atoms with Gasteiger partial charge in [-0.1, -0.05) is 72.8 Å². The maximum absolute atomic E-state index is 4.19. The molecule has 3 aromatic carbocycles. The van der Waals surface area contributed by atoms with E-state index >= 15 is 0 Å². The molecule has 0 bridgehead atoms. The number of benzene rings is 3. The summed E-state index contributed by atoms with van der Waals surface area (Å²) < 4.78 is 0. The van der Waals surface area contributed by atoms with E-state index in [-0.39, 0.29) is 0 Å². The van der Waals surface area contributed by atoms with Gasteiger partial charge in [-0.15, -0.1) is 0 Å². The minimum atomic E-state index is 0.830. The molecule has 1 heteroatoms. The second-order valence-corrected chi connectivity index (χ2v) is 7.98. The SMILES string of the molecule is C=C1CCCC(CCc2ccc(Nc3ccccc3-c3ccccc3)cc2)C1. The maximum Gasteiger partial charge on any atom is 0.0463 e. The van der Waals surface area contributed by atoms with Crippen LogP contribution in [0.3, 0.4) is 0 Å². The Bertz CT molecular complexity index is 909. The highest BCUT2D eigenvalue weighted by molar-refractivity contribution is 5.80. The smallest absolute Gasteiger partial charge is 0.0463 e. The third-order valence-corrected chi connectivity index (χ3v) is 5.81. The molecule has 0 heterocycles. The molecule has 1 atom stereocenters. The van der Waals surface area contributed by atoms with Crippen LogP contribution in [-0.2, 0) is 6.42 Å². The summed E-state index contributed by atoms with van der Waals surface area (Å²) in [4.78, 5) is 0. The summed E-state index contributed by atoms with van der Waals surface area (Å²) in [6.07, 6.45) is 7.61. The van der Waals surface area contributed by atoms with Crippen molar-refractivity contribution < 1.29 is 0 Å². The first-order valence-electron chi connectivity index (χ1n) is 10.4. The second-order valence-electron chi connectivity index (χ2n) is 7.98. The summed E-state index contributed by atoms with van der Waals surface area (Å²) in [5, 5.41) is 3.60. The van der Waals surface area contributed by atoms with Gasteiger partial charge in [0.05, 0.1) is 0 Å². The molecule has 1 saturated carbocycles. The predicted octanol–water partition coefficient (Wildman–Crippen LogP) is 7.78. The van der Waals surface area contributed by atoms with Gasteiger partial charge in [0.15, 0.2) is 0 Å². The Morgan fingerprint density at radius 3 is 2.39 bits per heavy atom. The molecule has 0 saturated heterocycles. The molecule has 28 heavy (non-hydrogen) atoms. The van der Waals surface area contributed by atoms with Crippen LogP contribution in [0.4, 0.5) is 11.4 Å². The molecule has 0 aliphatic heterocycles. The summed E-state index contributed by atoms with van der Waals surface area (Å²) in [7, 11) is 0. The quantitative estimate of drug-likeness (QED) is 0.439. The molecule has 0 radical (unpaired) electrons. The Kier molecular flexibility index (Phi) is 5.92. The lowest BCUT2D eigenvalue weighted by atomic mass is 9.83. The third-order valence-electron chi connectivity index (χ3n) is 5.81. The molecule has 0 spiro atoms. The van der Waals surface area contributed by atoms with Gasteiger partial charge in [-0.25, -0.2) is 0 Å². The number of para-hydroxylation sites is 1. The molecular formula is C27H29N. The normalized spacial score (nSPS) is 16.7. The van der Waals surface area contributed by atoms with Gasteiger partial charge in [0.2, 0.25) is 0 Å². The van der Waals surface area contributed by atoms with E-state index in [0.29, 0.717) is 0 Å². The Labute approximate surface area is 169 Å². The Morgan fingerprint density at radius 1 is 0.857 bits per heavy atom. The number of nitrogens with one attached hydrogen (secondary N) is 1. The van der Waals surface area contributed by atoms with Gasteiger partial charge in [0.1, 0.15) is 0 Å². The standard InChI is InChI=1S/C27H29N/c1-21-8-7-9-23(20-21)15-14-22-16-18-25(19-17-22)28-27-13-6-5-12-26(27)24-10-3-2-4-11-24/h2-6,10-13,16-19,23,28H,1,7-9,14-15,20H2. The zero-order chi connectivity index (χ0) is 19.2. The van der Waals surface area contributed by atoms with E-state index in [1.165, 1.54) is 60.8 Å². The van der Waals surface area contributed by atoms with Gasteiger partial charge in [-0.3, -0.25) is 0 Å². The van der Waals surface area contributed by atoms with Crippen molar-refractivity contribution in [3.05, 3.63) is 96.6 Å². The highest BCUT2D eigenvalue weighted by Gasteiger charge is 2.15. The summed E-state index contributed by atoms with van der Waals surface area (Å²) in [6.45, 7) is 4.19. The Balaban J connectivity index is 1.41. The van der Waals surface area contributed by atoms with E-state index in [2.05, 4.69) is 90.8 Å². The van der Waals surface area contributed by atoms with E-state index in [4.69, 9.17) is 0 Å². The van der Waals surface area contributed by atoms with Gasteiger partial charge in [0.25, 0.3) is 0 Å². The van der Waals surface area contributed by atoms with Crippen molar-refractivity contribution in [3.8, 4) is 11.1 Å². The number of hydrogen-bond acceptors (Lipinski definition) is 1. The topological polar surface area (TPSA) is 12.0 Å². The number of rotatable bonds is 6. The van der Waals surface area contributed by atoms with Gasteiger partial charge < -0.3 is 5.32 Å². The van der Waals surface area contributed by atoms with Crippen LogP contribution < -0.4 is 5.32 Å². The lowest BCUT2D eigenvalue weighted by molar-refractivity contribution is 0.394. The Morgan fingerprint density at radius 2 is 1.61 bits per heavy atom. The summed E-state index contributed by atoms with van der Waals surface area (Å²) in [5.74, 6) is 0.830. The molecule has 0 aromatic heterocycles. The minimum absolute atomic E-state index is 0.830. The lowest BCUT2D eigenvalue weighted by Gasteiger charge is -2.23. The average molecular weight is 368 g/mol. The van der Waals surface area contributed by atoms with Crippen LogP contribution in [0.5, 0.6) is 0 Å². The van der Waals surface area contributed by atoms with Crippen LogP contribution in [-0.4, -0.2) is 0 Å². The van der Waals surface area contributed by atoms with Crippen molar-refractivity contribution in [2.45, 2.75) is 38.5 Å². The van der Waals surface area contributed by atoms with Crippen LogP contribution in [0, 0.1) is 5.92 Å². The van der Waals surface area contributed by atoms with Crippen molar-refractivity contribution >= 4 is 11.4 Å². The third kappa shape index (κ3) is 4.72. The Hall–Kier alpha value is -2.80. The van der Waals surface area contributed by atoms with Crippen LogP contribution in [0.15, 0.2) is 91.0 Å². The largest absolute Gasteiger partial charge is 0.355 e. The van der Waals surface area contributed by atoms with Crippen LogP contribution in [0.1, 0.15) is 37.7 Å². The molecule has 4 rings (SSSR count). The van der Waals surface area contributed by atoms with Crippen molar-refractivity contribution in [1.29, 1.82) is 0 Å². The van der Waals surface area contributed by atoms with Crippen LogP contribution >= 0.6 is 0 Å². The van der Waals surface area contributed by atoms with Crippen molar-refractivity contribution in [1.82, 2.24) is 0 Å². The van der Waals surface area contributed by atoms with Crippen LogP contribution in [0.25, 0.3) is 11.1 Å². The fraction of sp³-hybridized carbons (Fsp3) is 0.259. The number of aryl methyl sites for hydroxylation is 1. The first kappa shape index (κ1) is 18.6. The molecule has 1 fully saturated rings. The fourth-order valence-electron chi connectivity index (χ4n) is 4.24. The molecule has 0 amide bonds. The first-order chi connectivity index (χ1) is 13.8. The zero-order valence-corrected chi connectivity index (χ0v) is 16.5. The monoisotopic (exact) mass is 367 g/mol. The van der Waals surface area contributed by atoms with E-state index in [9.17, 15) is 0 Å². The molecule has 1 N–H and O–H groups in total. The summed E-state index contributed by atoms with van der Waals surface area (Å²) in [6, 6.07) is 28.0. The molecule has 1 unspecified atom stereocenters. The van der Waals surface area contributed by atoms with Gasteiger partial charge in [-0.05, 0) is 73.8 Å². The van der Waals surface area contributed by atoms with E-state index in [0.717, 1.165) is 17.3 Å². The molecule has 142 valence electrons. The van der Waals surface area contributed by atoms with Crippen molar-refractivity contribution in [2.24, 2.45) is 5.92 Å². The number of hydrogen-bond donors (Lipinski definition) is 1. The molecule has 1 aliphatic carbocycles. The van der Waals surface area contributed by atoms with Crippen molar-refractivity contribution in [2.75, 3.05) is 5.32 Å². The summed E-state index contributed by atoms with van der Waals surface area (Å²) >= 11 is 0. The molecule has 1 nitrogen and oxygen atoms in total. The van der Waals surface area contributed by atoms with Crippen LogP contribution in [0.2, 0.25) is 0 Å². The van der Waals surface area contributed by atoms with E-state index < -0.39 is 0 Å². The average Bonchev–Trinajstić information content (AvgIpc) is 2.74. The molecular weight excluding hydrogens is 338 g/mol. The number of anilines is 2. The molecule has 3 aromatic rings. The molecule has 1 aliphatic rings. The summed E-state index contributed by atoms with van der Waals surface area (Å²) in [5.41, 5.74) is 7.62. The van der Waals surface area contributed by atoms with Gasteiger partial charge >= 0.3 is 0 Å². The van der Waals surface area contributed by atoms with E-state index in [1.54, 1.807) is 0 Å². The first-order valence-corrected chi connectivity index (χ1v) is 10.4. The minimum Gasteiger partial charge on any atom is -0.355 e. The lowest BCUT2D eigenvalue weighted by Crippen LogP contribution is -2.09. The fourth-order valence-corrected chi connectivity index (χ4v) is 4.24. The van der Waals surface area contributed by atoms with Gasteiger partial charge in [-0.2, -0.15) is 0 Å². The highest BCUT2D eigenvalue weighted by atomic mass is 14.9. The van der Waals surface area contributed by atoms with Gasteiger partial charge in [0, 0.05) is 16.9 Å². The van der Waals surface area contributed by atoms with E-state index in [1.807, 2.05) is 0 Å². The predicted molar refractivity (Wildman–Crippen MR) is 121 cm³/mol.